The van der Waals surface area contributed by atoms with Gasteiger partial charge in [0.1, 0.15) is 5.82 Å². The smallest absolute Gasteiger partial charge is 0.123 e. The number of benzene rings is 1. The number of likely N-dealkylation sites (tertiary alicyclic amines) is 1. The first-order valence-electron chi connectivity index (χ1n) is 6.83. The summed E-state index contributed by atoms with van der Waals surface area (Å²) in [4.78, 5) is 2.34. The quantitative estimate of drug-likeness (QED) is 0.836. The molecule has 104 valence electrons. The number of ether oxygens (including phenoxy) is 2. The number of nitrogens with zero attached hydrogens (tertiary/aromatic N) is 1. The number of hydrogen-bond donors (Lipinski definition) is 0. The highest BCUT2D eigenvalue weighted by Gasteiger charge is 2.47. The van der Waals surface area contributed by atoms with E-state index in [0.29, 0.717) is 6.10 Å². The van der Waals surface area contributed by atoms with Gasteiger partial charge in [-0.2, -0.15) is 0 Å². The lowest BCUT2D eigenvalue weighted by Gasteiger charge is -2.53. The van der Waals surface area contributed by atoms with E-state index in [9.17, 15) is 4.39 Å². The van der Waals surface area contributed by atoms with E-state index < -0.39 is 0 Å². The molecule has 3 nitrogen and oxygen atoms in total. The van der Waals surface area contributed by atoms with Crippen molar-refractivity contribution in [3.63, 3.8) is 0 Å². The fourth-order valence-corrected chi connectivity index (χ4v) is 3.13. The van der Waals surface area contributed by atoms with Crippen molar-refractivity contribution in [2.24, 2.45) is 0 Å². The first-order chi connectivity index (χ1) is 9.19. The molecule has 19 heavy (non-hydrogen) atoms. The first kappa shape index (κ1) is 13.0. The zero-order chi connectivity index (χ0) is 13.3. The molecule has 0 saturated carbocycles. The summed E-state index contributed by atoms with van der Waals surface area (Å²) >= 11 is 0. The summed E-state index contributed by atoms with van der Waals surface area (Å²) in [5.74, 6) is -0.178. The van der Waals surface area contributed by atoms with Gasteiger partial charge in [0.05, 0.1) is 11.7 Å². The summed E-state index contributed by atoms with van der Waals surface area (Å²) in [5.41, 5.74) is 1.15. The molecule has 1 aromatic rings. The van der Waals surface area contributed by atoms with Crippen LogP contribution in [0.4, 0.5) is 4.39 Å². The Morgan fingerprint density at radius 1 is 1.37 bits per heavy atom. The molecule has 2 fully saturated rings. The van der Waals surface area contributed by atoms with Crippen LogP contribution in [0.25, 0.3) is 0 Å². The average molecular weight is 265 g/mol. The van der Waals surface area contributed by atoms with Crippen molar-refractivity contribution in [1.29, 1.82) is 0 Å². The maximum Gasteiger partial charge on any atom is 0.123 e. The molecule has 1 aromatic carbocycles. The summed E-state index contributed by atoms with van der Waals surface area (Å²) in [7, 11) is 1.78. The second kappa shape index (κ2) is 5.19. The van der Waals surface area contributed by atoms with E-state index in [-0.39, 0.29) is 11.4 Å². The summed E-state index contributed by atoms with van der Waals surface area (Å²) in [6.07, 6.45) is 2.32. The van der Waals surface area contributed by atoms with Crippen molar-refractivity contribution in [3.05, 3.63) is 35.6 Å². The van der Waals surface area contributed by atoms with Gasteiger partial charge in [-0.15, -0.1) is 0 Å². The van der Waals surface area contributed by atoms with Crippen LogP contribution in [0, 0.1) is 5.82 Å². The van der Waals surface area contributed by atoms with Gasteiger partial charge in [0.2, 0.25) is 0 Å². The van der Waals surface area contributed by atoms with Crippen molar-refractivity contribution < 1.29 is 13.9 Å². The standard InChI is InChI=1S/C15H20FNO2/c1-18-14-6-7-19-15(8-14)10-17(11-15)9-12-2-4-13(16)5-3-12/h2-5,14H,6-11H2,1H3. The summed E-state index contributed by atoms with van der Waals surface area (Å²) in [6.45, 7) is 3.56. The second-order valence-corrected chi connectivity index (χ2v) is 5.65. The fraction of sp³-hybridized carbons (Fsp3) is 0.600. The fourth-order valence-electron chi connectivity index (χ4n) is 3.13. The van der Waals surface area contributed by atoms with E-state index in [1.807, 2.05) is 12.1 Å². The Bertz CT molecular complexity index is 428. The van der Waals surface area contributed by atoms with Crippen LogP contribution in [-0.2, 0) is 16.0 Å². The molecule has 1 spiro atoms. The highest BCUT2D eigenvalue weighted by Crippen LogP contribution is 2.35. The predicted molar refractivity (Wildman–Crippen MR) is 70.4 cm³/mol. The molecule has 2 saturated heterocycles. The van der Waals surface area contributed by atoms with Crippen molar-refractivity contribution >= 4 is 0 Å². The zero-order valence-corrected chi connectivity index (χ0v) is 11.3. The van der Waals surface area contributed by atoms with E-state index in [4.69, 9.17) is 9.47 Å². The maximum atomic E-state index is 12.8. The van der Waals surface area contributed by atoms with Crippen LogP contribution in [-0.4, -0.2) is 43.4 Å². The van der Waals surface area contributed by atoms with E-state index >= 15 is 0 Å². The monoisotopic (exact) mass is 265 g/mol. The molecular weight excluding hydrogens is 245 g/mol. The van der Waals surface area contributed by atoms with E-state index in [0.717, 1.165) is 44.6 Å². The van der Waals surface area contributed by atoms with Crippen LogP contribution in [0.5, 0.6) is 0 Å². The number of hydrogen-bond acceptors (Lipinski definition) is 3. The molecule has 0 amide bonds. The van der Waals surface area contributed by atoms with Gasteiger partial charge in [-0.25, -0.2) is 4.39 Å². The Hall–Kier alpha value is -0.970. The Morgan fingerprint density at radius 2 is 2.11 bits per heavy atom. The molecule has 0 aliphatic carbocycles. The largest absolute Gasteiger partial charge is 0.381 e. The maximum absolute atomic E-state index is 12.8. The topological polar surface area (TPSA) is 21.7 Å². The van der Waals surface area contributed by atoms with Crippen LogP contribution in [0.3, 0.4) is 0 Å². The molecule has 0 N–H and O–H groups in total. The summed E-state index contributed by atoms with van der Waals surface area (Å²) in [6, 6.07) is 6.73. The normalized spacial score (nSPS) is 26.3. The molecule has 0 bridgehead atoms. The third-order valence-electron chi connectivity index (χ3n) is 4.12. The molecule has 4 heteroatoms. The van der Waals surface area contributed by atoms with Gasteiger partial charge in [0, 0.05) is 39.8 Å². The van der Waals surface area contributed by atoms with Crippen LogP contribution in [0.2, 0.25) is 0 Å². The highest BCUT2D eigenvalue weighted by atomic mass is 19.1. The first-order valence-corrected chi connectivity index (χ1v) is 6.83. The van der Waals surface area contributed by atoms with Crippen molar-refractivity contribution in [2.45, 2.75) is 31.1 Å². The van der Waals surface area contributed by atoms with Gasteiger partial charge in [0.25, 0.3) is 0 Å². The summed E-state index contributed by atoms with van der Waals surface area (Å²) in [5, 5.41) is 0. The van der Waals surface area contributed by atoms with Gasteiger partial charge in [-0.3, -0.25) is 4.90 Å². The van der Waals surface area contributed by atoms with Crippen LogP contribution in [0.15, 0.2) is 24.3 Å². The van der Waals surface area contributed by atoms with Crippen LogP contribution >= 0.6 is 0 Å². The molecule has 0 radical (unpaired) electrons. The minimum absolute atomic E-state index is 0.00103. The molecule has 2 aliphatic rings. The Kier molecular flexibility index (Phi) is 3.56. The zero-order valence-electron chi connectivity index (χ0n) is 11.3. The highest BCUT2D eigenvalue weighted by molar-refractivity contribution is 5.17. The SMILES string of the molecule is COC1CCOC2(C1)CN(Cc1ccc(F)cc1)C2. The molecular formula is C15H20FNO2. The molecule has 2 heterocycles. The van der Waals surface area contributed by atoms with Crippen LogP contribution < -0.4 is 0 Å². The van der Waals surface area contributed by atoms with E-state index in [1.54, 1.807) is 7.11 Å². The minimum Gasteiger partial charge on any atom is -0.381 e. The molecule has 0 aromatic heterocycles. The van der Waals surface area contributed by atoms with Gasteiger partial charge in [0.15, 0.2) is 0 Å². The van der Waals surface area contributed by atoms with Crippen LogP contribution in [0.1, 0.15) is 18.4 Å². The predicted octanol–water partition coefficient (Wildman–Crippen LogP) is 2.21. The summed E-state index contributed by atoms with van der Waals surface area (Å²) < 4.78 is 24.2. The van der Waals surface area contributed by atoms with Gasteiger partial charge < -0.3 is 9.47 Å². The van der Waals surface area contributed by atoms with Crippen molar-refractivity contribution in [2.75, 3.05) is 26.8 Å². The number of rotatable bonds is 3. The van der Waals surface area contributed by atoms with Gasteiger partial charge >= 0.3 is 0 Å². The lowest BCUT2D eigenvalue weighted by atomic mass is 9.84. The number of methoxy groups -OCH3 is 1. The minimum atomic E-state index is -0.178. The number of halogens is 1. The lowest BCUT2D eigenvalue weighted by Crippen LogP contribution is -2.65. The van der Waals surface area contributed by atoms with Crippen molar-refractivity contribution in [3.8, 4) is 0 Å². The van der Waals surface area contributed by atoms with Gasteiger partial charge in [-0.1, -0.05) is 12.1 Å². The van der Waals surface area contributed by atoms with E-state index in [1.165, 1.54) is 12.1 Å². The molecule has 1 atom stereocenters. The Morgan fingerprint density at radius 3 is 2.79 bits per heavy atom. The average Bonchev–Trinajstić information content (AvgIpc) is 2.40. The lowest BCUT2D eigenvalue weighted by molar-refractivity contribution is -0.195. The molecule has 3 rings (SSSR count). The Labute approximate surface area is 113 Å². The van der Waals surface area contributed by atoms with E-state index in [2.05, 4.69) is 4.90 Å². The third-order valence-corrected chi connectivity index (χ3v) is 4.12. The molecule has 2 aliphatic heterocycles. The van der Waals surface area contributed by atoms with Crippen molar-refractivity contribution in [1.82, 2.24) is 4.90 Å². The van der Waals surface area contributed by atoms with Gasteiger partial charge in [-0.05, 0) is 24.1 Å². The Balaban J connectivity index is 1.53. The third kappa shape index (κ3) is 2.81. The molecule has 1 unspecified atom stereocenters. The second-order valence-electron chi connectivity index (χ2n) is 5.65.